The number of ether oxygens (including phenoxy) is 3. The molecule has 0 saturated heterocycles. The third-order valence-corrected chi connectivity index (χ3v) is 4.59. The zero-order valence-electron chi connectivity index (χ0n) is 15.1. The molecule has 2 atom stereocenters. The molecular formula is C20H26ClNO4. The summed E-state index contributed by atoms with van der Waals surface area (Å²) in [5, 5.41) is 10.5. The van der Waals surface area contributed by atoms with E-state index >= 15 is 0 Å². The van der Waals surface area contributed by atoms with Crippen LogP contribution in [0.5, 0.6) is 17.2 Å². The van der Waals surface area contributed by atoms with Crippen LogP contribution in [0.1, 0.15) is 30.0 Å². The highest BCUT2D eigenvalue weighted by Crippen LogP contribution is 2.42. The van der Waals surface area contributed by atoms with Crippen molar-refractivity contribution >= 4 is 12.4 Å². The Balaban J connectivity index is 0.00000243. The van der Waals surface area contributed by atoms with Gasteiger partial charge in [0.25, 0.3) is 0 Å². The van der Waals surface area contributed by atoms with Gasteiger partial charge in [-0.2, -0.15) is 0 Å². The lowest BCUT2D eigenvalue weighted by Gasteiger charge is -2.23. The minimum absolute atomic E-state index is 0. The largest absolute Gasteiger partial charge is 0.493 e. The molecule has 1 fully saturated rings. The summed E-state index contributed by atoms with van der Waals surface area (Å²) in [7, 11) is 3.16. The molecule has 3 N–H and O–H groups in total. The monoisotopic (exact) mass is 379 g/mol. The molecular weight excluding hydrogens is 354 g/mol. The van der Waals surface area contributed by atoms with Crippen LogP contribution in [-0.4, -0.2) is 25.4 Å². The first-order valence-electron chi connectivity index (χ1n) is 8.50. The van der Waals surface area contributed by atoms with Crippen LogP contribution in [0.3, 0.4) is 0 Å². The van der Waals surface area contributed by atoms with Crippen LogP contribution in [-0.2, 0) is 6.61 Å². The number of aliphatic hydroxyl groups excluding tert-OH is 1. The van der Waals surface area contributed by atoms with Crippen molar-refractivity contribution < 1.29 is 19.3 Å². The van der Waals surface area contributed by atoms with Crippen LogP contribution < -0.4 is 19.9 Å². The fourth-order valence-corrected chi connectivity index (χ4v) is 2.91. The molecule has 0 unspecified atom stereocenters. The van der Waals surface area contributed by atoms with Gasteiger partial charge in [-0.15, -0.1) is 12.4 Å². The lowest BCUT2D eigenvalue weighted by molar-refractivity contribution is 0.120. The quantitative estimate of drug-likeness (QED) is 0.734. The van der Waals surface area contributed by atoms with Crippen LogP contribution in [0.25, 0.3) is 0 Å². The van der Waals surface area contributed by atoms with E-state index in [1.165, 1.54) is 0 Å². The third kappa shape index (κ3) is 4.61. The fraction of sp³-hybridized carbons (Fsp3) is 0.400. The van der Waals surface area contributed by atoms with Gasteiger partial charge in [0, 0.05) is 11.6 Å². The highest BCUT2D eigenvalue weighted by Gasteiger charge is 2.35. The second kappa shape index (κ2) is 9.12. The number of rotatable bonds is 8. The van der Waals surface area contributed by atoms with E-state index in [0.717, 1.165) is 24.0 Å². The number of benzene rings is 2. The summed E-state index contributed by atoms with van der Waals surface area (Å²) in [4.78, 5) is 0. The Morgan fingerprint density at radius 3 is 2.23 bits per heavy atom. The van der Waals surface area contributed by atoms with Crippen molar-refractivity contribution in [3.05, 3.63) is 53.6 Å². The van der Waals surface area contributed by atoms with Crippen molar-refractivity contribution in [1.82, 2.24) is 0 Å². The second-order valence-corrected chi connectivity index (χ2v) is 6.37. The van der Waals surface area contributed by atoms with Crippen LogP contribution in [0.15, 0.2) is 42.5 Å². The lowest BCUT2D eigenvalue weighted by Crippen LogP contribution is -2.28. The first-order valence-corrected chi connectivity index (χ1v) is 8.50. The van der Waals surface area contributed by atoms with E-state index in [1.54, 1.807) is 26.4 Å². The Morgan fingerprint density at radius 1 is 1.04 bits per heavy atom. The SMILES string of the molecule is COc1cc(OCc2ccccc2)c([C@H](N)[C@H](O)C2CC2)cc1OC.Cl. The van der Waals surface area contributed by atoms with E-state index in [2.05, 4.69) is 0 Å². The highest BCUT2D eigenvalue weighted by atomic mass is 35.5. The Hall–Kier alpha value is -1.95. The van der Waals surface area contributed by atoms with Gasteiger partial charge < -0.3 is 25.1 Å². The third-order valence-electron chi connectivity index (χ3n) is 4.59. The number of hydrogen-bond donors (Lipinski definition) is 2. The molecule has 0 amide bonds. The topological polar surface area (TPSA) is 73.9 Å². The molecule has 6 heteroatoms. The zero-order chi connectivity index (χ0) is 17.8. The summed E-state index contributed by atoms with van der Waals surface area (Å²) in [6, 6.07) is 12.9. The number of hydrogen-bond acceptors (Lipinski definition) is 5. The Morgan fingerprint density at radius 2 is 1.65 bits per heavy atom. The molecule has 2 aromatic rings. The molecule has 142 valence electrons. The van der Waals surface area contributed by atoms with Crippen LogP contribution >= 0.6 is 12.4 Å². The molecule has 2 aromatic carbocycles. The van der Waals surface area contributed by atoms with E-state index in [9.17, 15) is 5.11 Å². The minimum atomic E-state index is -0.586. The molecule has 1 aliphatic carbocycles. The van der Waals surface area contributed by atoms with Gasteiger partial charge in [0.2, 0.25) is 0 Å². The molecule has 5 nitrogen and oxygen atoms in total. The van der Waals surface area contributed by atoms with Gasteiger partial charge in [-0.05, 0) is 30.4 Å². The van der Waals surface area contributed by atoms with Crippen LogP contribution in [0.4, 0.5) is 0 Å². The average molecular weight is 380 g/mol. The summed E-state index contributed by atoms with van der Waals surface area (Å²) in [5.41, 5.74) is 8.12. The minimum Gasteiger partial charge on any atom is -0.493 e. The molecule has 3 rings (SSSR count). The van der Waals surface area contributed by atoms with Crippen molar-refractivity contribution in [3.8, 4) is 17.2 Å². The smallest absolute Gasteiger partial charge is 0.164 e. The number of nitrogens with two attached hydrogens (primary N) is 1. The Kier molecular flexibility index (Phi) is 7.14. The van der Waals surface area contributed by atoms with E-state index in [0.29, 0.717) is 23.9 Å². The van der Waals surface area contributed by atoms with E-state index in [-0.39, 0.29) is 18.3 Å². The summed E-state index contributed by atoms with van der Waals surface area (Å²) in [6.45, 7) is 0.412. The van der Waals surface area contributed by atoms with Gasteiger partial charge in [0.05, 0.1) is 26.4 Å². The van der Waals surface area contributed by atoms with Gasteiger partial charge >= 0.3 is 0 Å². The standard InChI is InChI=1S/C20H25NO4.ClH/c1-23-17-10-15(19(21)20(22)14-8-9-14)16(11-18(17)24-2)25-12-13-6-4-3-5-7-13;/h3-7,10-11,14,19-20,22H,8-9,12,21H2,1-2H3;1H/t19-,20+;/m0./s1. The molecule has 0 aliphatic heterocycles. The summed E-state index contributed by atoms with van der Waals surface area (Å²) < 4.78 is 16.8. The molecule has 0 spiro atoms. The van der Waals surface area contributed by atoms with E-state index in [4.69, 9.17) is 19.9 Å². The van der Waals surface area contributed by atoms with Crippen LogP contribution in [0.2, 0.25) is 0 Å². The number of methoxy groups -OCH3 is 2. The molecule has 1 saturated carbocycles. The van der Waals surface area contributed by atoms with E-state index < -0.39 is 12.1 Å². The van der Waals surface area contributed by atoms with Crippen molar-refractivity contribution in [2.45, 2.75) is 31.6 Å². The van der Waals surface area contributed by atoms with Crippen molar-refractivity contribution in [3.63, 3.8) is 0 Å². The van der Waals surface area contributed by atoms with Crippen molar-refractivity contribution in [2.24, 2.45) is 11.7 Å². The first kappa shape index (κ1) is 20.4. The average Bonchev–Trinajstić information content (AvgIpc) is 3.50. The van der Waals surface area contributed by atoms with E-state index in [1.807, 2.05) is 30.3 Å². The molecule has 0 heterocycles. The van der Waals surface area contributed by atoms with Gasteiger partial charge in [-0.3, -0.25) is 0 Å². The Labute approximate surface area is 160 Å². The van der Waals surface area contributed by atoms with Gasteiger partial charge in [0.15, 0.2) is 11.5 Å². The lowest BCUT2D eigenvalue weighted by atomic mass is 9.97. The fourth-order valence-electron chi connectivity index (χ4n) is 2.91. The summed E-state index contributed by atoms with van der Waals surface area (Å²) in [5.74, 6) is 2.02. The number of aliphatic hydroxyl groups is 1. The van der Waals surface area contributed by atoms with Gasteiger partial charge in [-0.25, -0.2) is 0 Å². The predicted molar refractivity (Wildman–Crippen MR) is 103 cm³/mol. The van der Waals surface area contributed by atoms with Gasteiger partial charge in [0.1, 0.15) is 12.4 Å². The maximum absolute atomic E-state index is 10.5. The molecule has 0 radical (unpaired) electrons. The van der Waals surface area contributed by atoms with Crippen molar-refractivity contribution in [1.29, 1.82) is 0 Å². The zero-order valence-corrected chi connectivity index (χ0v) is 15.9. The second-order valence-electron chi connectivity index (χ2n) is 6.37. The summed E-state index contributed by atoms with van der Waals surface area (Å²) in [6.07, 6.45) is 1.45. The predicted octanol–water partition coefficient (Wildman–Crippen LogP) is 3.48. The molecule has 26 heavy (non-hydrogen) atoms. The van der Waals surface area contributed by atoms with Gasteiger partial charge in [-0.1, -0.05) is 30.3 Å². The Bertz CT molecular complexity index is 706. The first-order chi connectivity index (χ1) is 12.1. The van der Waals surface area contributed by atoms with Crippen molar-refractivity contribution in [2.75, 3.05) is 14.2 Å². The maximum Gasteiger partial charge on any atom is 0.164 e. The number of halogens is 1. The van der Waals surface area contributed by atoms with Crippen LogP contribution in [0, 0.1) is 5.92 Å². The normalized spacial score (nSPS) is 15.5. The maximum atomic E-state index is 10.5. The molecule has 0 bridgehead atoms. The molecule has 0 aromatic heterocycles. The molecule has 1 aliphatic rings. The highest BCUT2D eigenvalue weighted by molar-refractivity contribution is 5.85. The summed E-state index contributed by atoms with van der Waals surface area (Å²) >= 11 is 0.